The van der Waals surface area contributed by atoms with Crippen molar-refractivity contribution in [3.8, 4) is 6.07 Å². The van der Waals surface area contributed by atoms with Crippen molar-refractivity contribution in [1.82, 2.24) is 0 Å². The molecule has 0 N–H and O–H groups in total. The number of carbonyl (C=O) groups excluding carboxylic acids is 1. The highest BCUT2D eigenvalue weighted by Gasteiger charge is 2.13. The molecule has 0 heterocycles. The molecule has 0 spiro atoms. The molecule has 15 heavy (non-hydrogen) atoms. The zero-order valence-electron chi connectivity index (χ0n) is 9.19. The third-order valence-corrected chi connectivity index (χ3v) is 2.57. The minimum Gasteiger partial charge on any atom is -0.365 e. The van der Waals surface area contributed by atoms with E-state index in [2.05, 4.69) is 6.07 Å². The van der Waals surface area contributed by atoms with Crippen LogP contribution in [0.25, 0.3) is 0 Å². The lowest BCUT2D eigenvalue weighted by Gasteiger charge is -2.24. The molecule has 1 aromatic rings. The van der Waals surface area contributed by atoms with Crippen molar-refractivity contribution in [3.63, 3.8) is 0 Å². The van der Waals surface area contributed by atoms with Gasteiger partial charge in [0.25, 0.3) is 0 Å². The van der Waals surface area contributed by atoms with Gasteiger partial charge >= 0.3 is 0 Å². The van der Waals surface area contributed by atoms with E-state index in [1.165, 1.54) is 0 Å². The molecule has 0 aliphatic rings. The Labute approximate surface area is 89.9 Å². The molecular formula is C12H14N2O. The summed E-state index contributed by atoms with van der Waals surface area (Å²) in [6, 6.07) is 9.11. The minimum atomic E-state index is -0.141. The van der Waals surface area contributed by atoms with Crippen molar-refractivity contribution in [2.45, 2.75) is 19.9 Å². The van der Waals surface area contributed by atoms with E-state index in [0.29, 0.717) is 5.56 Å². The number of nitriles is 1. The van der Waals surface area contributed by atoms with Gasteiger partial charge in [-0.3, -0.25) is 4.79 Å². The molecule has 0 saturated carbocycles. The number of benzene rings is 1. The van der Waals surface area contributed by atoms with Crippen molar-refractivity contribution in [2.24, 2.45) is 0 Å². The average molecular weight is 202 g/mol. The first kappa shape index (κ1) is 11.3. The summed E-state index contributed by atoms with van der Waals surface area (Å²) >= 11 is 0. The van der Waals surface area contributed by atoms with Gasteiger partial charge in [-0.25, -0.2) is 0 Å². The fourth-order valence-electron chi connectivity index (χ4n) is 1.27. The number of Topliss-reactive ketones (excluding diaryl/α,β-unsaturated/α-hetero) is 1. The van der Waals surface area contributed by atoms with Gasteiger partial charge < -0.3 is 4.90 Å². The van der Waals surface area contributed by atoms with Crippen LogP contribution in [0.5, 0.6) is 0 Å². The number of ketones is 1. The second kappa shape index (κ2) is 4.61. The molecule has 0 aromatic heterocycles. The minimum absolute atomic E-state index is 0.127. The van der Waals surface area contributed by atoms with E-state index in [1.54, 1.807) is 19.1 Å². The highest BCUT2D eigenvalue weighted by Crippen LogP contribution is 2.16. The third kappa shape index (κ3) is 2.57. The summed E-state index contributed by atoms with van der Waals surface area (Å²) in [6.07, 6.45) is 0. The van der Waals surface area contributed by atoms with Crippen LogP contribution >= 0.6 is 0 Å². The number of anilines is 1. The Morgan fingerprint density at radius 3 is 2.33 bits per heavy atom. The normalized spacial score (nSPS) is 11.6. The van der Waals surface area contributed by atoms with Crippen molar-refractivity contribution < 1.29 is 4.79 Å². The van der Waals surface area contributed by atoms with Crippen LogP contribution in [0, 0.1) is 11.3 Å². The zero-order valence-corrected chi connectivity index (χ0v) is 9.19. The summed E-state index contributed by atoms with van der Waals surface area (Å²) in [4.78, 5) is 13.1. The molecule has 0 aliphatic heterocycles. The molecule has 78 valence electrons. The highest BCUT2D eigenvalue weighted by atomic mass is 16.1. The lowest BCUT2D eigenvalue weighted by molar-refractivity contribution is -0.117. The molecule has 0 aliphatic carbocycles. The summed E-state index contributed by atoms with van der Waals surface area (Å²) in [5.41, 5.74) is 1.57. The van der Waals surface area contributed by atoms with Crippen LogP contribution in [0.4, 0.5) is 5.69 Å². The van der Waals surface area contributed by atoms with E-state index in [-0.39, 0.29) is 11.8 Å². The van der Waals surface area contributed by atoms with Crippen molar-refractivity contribution in [2.75, 3.05) is 11.9 Å². The lowest BCUT2D eigenvalue weighted by atomic mass is 10.1. The van der Waals surface area contributed by atoms with Crippen LogP contribution in [-0.4, -0.2) is 18.9 Å². The highest BCUT2D eigenvalue weighted by molar-refractivity contribution is 5.84. The maximum absolute atomic E-state index is 11.2. The summed E-state index contributed by atoms with van der Waals surface area (Å²) in [6.45, 7) is 3.44. The topological polar surface area (TPSA) is 44.1 Å². The predicted molar refractivity (Wildman–Crippen MR) is 59.7 cm³/mol. The van der Waals surface area contributed by atoms with E-state index in [4.69, 9.17) is 5.26 Å². The zero-order chi connectivity index (χ0) is 11.4. The Morgan fingerprint density at radius 1 is 1.40 bits per heavy atom. The van der Waals surface area contributed by atoms with Crippen LogP contribution < -0.4 is 4.90 Å². The van der Waals surface area contributed by atoms with Gasteiger partial charge in [0.2, 0.25) is 0 Å². The molecule has 1 aromatic carbocycles. The Balaban J connectivity index is 2.88. The largest absolute Gasteiger partial charge is 0.365 e. The third-order valence-electron chi connectivity index (χ3n) is 2.57. The fourth-order valence-corrected chi connectivity index (χ4v) is 1.27. The van der Waals surface area contributed by atoms with E-state index < -0.39 is 0 Å². The molecule has 0 fully saturated rings. The number of hydrogen-bond donors (Lipinski definition) is 0. The van der Waals surface area contributed by atoms with Gasteiger partial charge in [0, 0.05) is 12.7 Å². The average Bonchev–Trinajstić information content (AvgIpc) is 2.27. The summed E-state index contributed by atoms with van der Waals surface area (Å²) < 4.78 is 0. The molecule has 0 saturated heterocycles. The number of likely N-dealkylation sites (N-methyl/N-ethyl adjacent to an activating group) is 1. The Hall–Kier alpha value is -1.82. The van der Waals surface area contributed by atoms with Gasteiger partial charge in [0.15, 0.2) is 5.78 Å². The monoisotopic (exact) mass is 202 g/mol. The van der Waals surface area contributed by atoms with Gasteiger partial charge in [-0.1, -0.05) is 0 Å². The molecular weight excluding hydrogens is 188 g/mol. The molecule has 3 nitrogen and oxygen atoms in total. The fraction of sp³-hybridized carbons (Fsp3) is 0.333. The van der Waals surface area contributed by atoms with Crippen LogP contribution in [0.2, 0.25) is 0 Å². The Kier molecular flexibility index (Phi) is 3.46. The molecule has 0 bridgehead atoms. The van der Waals surface area contributed by atoms with Gasteiger partial charge in [0.05, 0.1) is 17.7 Å². The maximum atomic E-state index is 11.2. The Bertz CT molecular complexity index is 389. The van der Waals surface area contributed by atoms with Gasteiger partial charge in [-0.15, -0.1) is 0 Å². The van der Waals surface area contributed by atoms with Crippen LogP contribution in [0.15, 0.2) is 24.3 Å². The number of rotatable bonds is 3. The summed E-state index contributed by atoms with van der Waals surface area (Å²) in [5, 5.41) is 8.65. The first-order valence-corrected chi connectivity index (χ1v) is 4.79. The quantitative estimate of drug-likeness (QED) is 0.752. The molecule has 0 radical (unpaired) electrons. The first-order valence-electron chi connectivity index (χ1n) is 4.79. The predicted octanol–water partition coefficient (Wildman–Crippen LogP) is 1.97. The van der Waals surface area contributed by atoms with Crippen LogP contribution in [-0.2, 0) is 4.79 Å². The summed E-state index contributed by atoms with van der Waals surface area (Å²) in [7, 11) is 1.87. The summed E-state index contributed by atoms with van der Waals surface area (Å²) in [5.74, 6) is 0.127. The second-order valence-corrected chi connectivity index (χ2v) is 3.56. The van der Waals surface area contributed by atoms with Gasteiger partial charge in [0.1, 0.15) is 0 Å². The molecule has 0 amide bonds. The van der Waals surface area contributed by atoms with E-state index in [1.807, 2.05) is 31.0 Å². The SMILES string of the molecule is CC(=O)C(C)N(C)c1ccc(C#N)cc1. The maximum Gasteiger partial charge on any atom is 0.151 e. The van der Waals surface area contributed by atoms with Crippen molar-refractivity contribution in [3.05, 3.63) is 29.8 Å². The number of carbonyl (C=O) groups is 1. The number of hydrogen-bond acceptors (Lipinski definition) is 3. The molecule has 1 unspecified atom stereocenters. The smallest absolute Gasteiger partial charge is 0.151 e. The molecule has 3 heteroatoms. The standard InChI is InChI=1S/C12H14N2O/c1-9(10(2)15)14(3)12-6-4-11(8-13)5-7-12/h4-7,9H,1-3H3. The first-order chi connectivity index (χ1) is 7.06. The van der Waals surface area contributed by atoms with Crippen molar-refractivity contribution >= 4 is 11.5 Å². The van der Waals surface area contributed by atoms with Crippen molar-refractivity contribution in [1.29, 1.82) is 5.26 Å². The van der Waals surface area contributed by atoms with Gasteiger partial charge in [-0.2, -0.15) is 5.26 Å². The molecule has 1 atom stereocenters. The second-order valence-electron chi connectivity index (χ2n) is 3.56. The Morgan fingerprint density at radius 2 is 1.93 bits per heavy atom. The number of nitrogens with zero attached hydrogens (tertiary/aromatic N) is 2. The van der Waals surface area contributed by atoms with Crippen LogP contribution in [0.1, 0.15) is 19.4 Å². The lowest BCUT2D eigenvalue weighted by Crippen LogP contribution is -2.34. The van der Waals surface area contributed by atoms with E-state index >= 15 is 0 Å². The molecule has 1 rings (SSSR count). The van der Waals surface area contributed by atoms with Crippen LogP contribution in [0.3, 0.4) is 0 Å². The van der Waals surface area contributed by atoms with E-state index in [0.717, 1.165) is 5.69 Å². The van der Waals surface area contributed by atoms with Gasteiger partial charge in [-0.05, 0) is 38.1 Å². The van der Waals surface area contributed by atoms with E-state index in [9.17, 15) is 4.79 Å².